The van der Waals surface area contributed by atoms with Gasteiger partial charge in [0.2, 0.25) is 5.91 Å². The number of hydrazone groups is 1. The van der Waals surface area contributed by atoms with E-state index in [0.29, 0.717) is 22.8 Å². The Bertz CT molecular complexity index is 1230. The molecule has 1 aliphatic heterocycles. The van der Waals surface area contributed by atoms with Gasteiger partial charge in [-0.3, -0.25) is 9.80 Å². The van der Waals surface area contributed by atoms with E-state index in [1.165, 1.54) is 13.0 Å². The fourth-order valence-corrected chi connectivity index (χ4v) is 4.30. The molecule has 3 aromatic rings. The molecule has 1 heterocycles. The predicted octanol–water partition coefficient (Wildman–Crippen LogP) is 6.28. The van der Waals surface area contributed by atoms with Crippen molar-refractivity contribution in [2.75, 3.05) is 18.4 Å². The number of aryl methyl sites for hydroxylation is 1. The zero-order chi connectivity index (χ0) is 24.5. The van der Waals surface area contributed by atoms with Crippen molar-refractivity contribution >= 4 is 28.9 Å². The molecule has 8 heteroatoms. The number of benzene rings is 3. The molecule has 0 aromatic heterocycles. The Morgan fingerprint density at radius 1 is 1.09 bits per heavy atom. The Labute approximate surface area is 201 Å². The number of hydrogen-bond donors (Lipinski definition) is 1. The Kier molecular flexibility index (Phi) is 6.41. The van der Waals surface area contributed by atoms with Crippen LogP contribution >= 0.6 is 11.6 Å². The Morgan fingerprint density at radius 2 is 1.76 bits per heavy atom. The molecule has 0 aliphatic carbocycles. The summed E-state index contributed by atoms with van der Waals surface area (Å²) in [5, 5.41) is 9.78. The van der Waals surface area contributed by atoms with Gasteiger partial charge < -0.3 is 5.32 Å². The van der Waals surface area contributed by atoms with Gasteiger partial charge in [-0.15, -0.1) is 0 Å². The van der Waals surface area contributed by atoms with Crippen LogP contribution in [-0.2, 0) is 16.4 Å². The number of carbonyl (C=O) groups excluding carboxylic acids is 1. The molecule has 34 heavy (non-hydrogen) atoms. The molecule has 176 valence electrons. The number of alkyl halides is 3. The summed E-state index contributed by atoms with van der Waals surface area (Å²) >= 11 is 6.06. The lowest BCUT2D eigenvalue weighted by atomic mass is 9.76. The van der Waals surface area contributed by atoms with E-state index in [2.05, 4.69) is 12.2 Å². The molecule has 3 aromatic carbocycles. The first-order chi connectivity index (χ1) is 16.1. The molecule has 1 unspecified atom stereocenters. The number of amides is 1. The Morgan fingerprint density at radius 3 is 2.38 bits per heavy atom. The summed E-state index contributed by atoms with van der Waals surface area (Å²) in [7, 11) is 0. The van der Waals surface area contributed by atoms with Crippen LogP contribution in [0.1, 0.15) is 29.2 Å². The Balaban J connectivity index is 1.56. The van der Waals surface area contributed by atoms with Gasteiger partial charge in [0.25, 0.3) is 0 Å². The fourth-order valence-electron chi connectivity index (χ4n) is 4.17. The number of nitrogens with zero attached hydrogens (tertiary/aromatic N) is 2. The van der Waals surface area contributed by atoms with Gasteiger partial charge in [-0.05, 0) is 60.9 Å². The van der Waals surface area contributed by atoms with Crippen molar-refractivity contribution in [3.8, 4) is 0 Å². The molecular formula is C26H23ClF3N3O. The molecule has 1 N–H and O–H groups in total. The minimum Gasteiger partial charge on any atom is -0.324 e. The van der Waals surface area contributed by atoms with E-state index >= 15 is 0 Å². The maximum absolute atomic E-state index is 12.9. The molecular weight excluding hydrogens is 463 g/mol. The van der Waals surface area contributed by atoms with Crippen LogP contribution in [0.4, 0.5) is 18.9 Å². The second kappa shape index (κ2) is 9.14. The van der Waals surface area contributed by atoms with E-state index in [-0.39, 0.29) is 12.5 Å². The summed E-state index contributed by atoms with van der Waals surface area (Å²) in [6, 6.07) is 20.6. The van der Waals surface area contributed by atoms with Gasteiger partial charge in [0, 0.05) is 10.7 Å². The quantitative estimate of drug-likeness (QED) is 0.462. The minimum absolute atomic E-state index is 0.0417. The zero-order valence-corrected chi connectivity index (χ0v) is 19.4. The molecule has 4 nitrogen and oxygen atoms in total. The molecule has 0 radical (unpaired) electrons. The smallest absolute Gasteiger partial charge is 0.324 e. The number of rotatable bonds is 5. The van der Waals surface area contributed by atoms with E-state index in [1.807, 2.05) is 42.5 Å². The van der Waals surface area contributed by atoms with E-state index in [0.717, 1.165) is 29.0 Å². The lowest BCUT2D eigenvalue weighted by Gasteiger charge is -2.27. The van der Waals surface area contributed by atoms with Crippen molar-refractivity contribution in [2.24, 2.45) is 5.10 Å². The van der Waals surface area contributed by atoms with Gasteiger partial charge in [-0.1, -0.05) is 54.1 Å². The number of nitrogens with one attached hydrogen (secondary N) is 1. The molecule has 0 fully saturated rings. The van der Waals surface area contributed by atoms with Crippen molar-refractivity contribution in [3.05, 3.63) is 100 Å². The van der Waals surface area contributed by atoms with E-state index in [4.69, 9.17) is 16.7 Å². The second-order valence-electron chi connectivity index (χ2n) is 8.55. The molecule has 1 aliphatic rings. The standard InChI is InChI=1S/C26H23ClF3N3O/c1-17-14-20(26(28,29)30)10-13-22(17)31-23(34)15-33-16-25(2,19-6-4-3-5-7-19)24(32-33)18-8-11-21(27)12-9-18/h3-14H,15-16H2,1-2H3,(H,31,34). The molecule has 0 spiro atoms. The largest absolute Gasteiger partial charge is 0.416 e. The first-order valence-electron chi connectivity index (χ1n) is 10.7. The van der Waals surface area contributed by atoms with Gasteiger partial charge in [-0.2, -0.15) is 18.3 Å². The highest BCUT2D eigenvalue weighted by atomic mass is 35.5. The average molecular weight is 486 g/mol. The van der Waals surface area contributed by atoms with E-state index in [1.54, 1.807) is 17.1 Å². The summed E-state index contributed by atoms with van der Waals surface area (Å²) in [6.07, 6.45) is -4.43. The SMILES string of the molecule is Cc1cc(C(F)(F)F)ccc1NC(=O)CN1CC(C)(c2ccccc2)C(c2ccc(Cl)cc2)=N1. The fraction of sp³-hybridized carbons (Fsp3) is 0.231. The van der Waals surface area contributed by atoms with Crippen molar-refractivity contribution < 1.29 is 18.0 Å². The highest BCUT2D eigenvalue weighted by Gasteiger charge is 2.41. The van der Waals surface area contributed by atoms with Crippen molar-refractivity contribution in [3.63, 3.8) is 0 Å². The molecule has 0 saturated carbocycles. The third-order valence-electron chi connectivity index (χ3n) is 5.95. The predicted molar refractivity (Wildman–Crippen MR) is 128 cm³/mol. The van der Waals surface area contributed by atoms with Crippen LogP contribution in [0.3, 0.4) is 0 Å². The Hall–Kier alpha value is -3.32. The summed E-state index contributed by atoms with van der Waals surface area (Å²) in [4.78, 5) is 12.8. The molecule has 0 saturated heterocycles. The van der Waals surface area contributed by atoms with Crippen LogP contribution in [0.25, 0.3) is 0 Å². The van der Waals surface area contributed by atoms with Crippen LogP contribution in [-0.4, -0.2) is 29.7 Å². The highest BCUT2D eigenvalue weighted by Crippen LogP contribution is 2.35. The summed E-state index contributed by atoms with van der Waals surface area (Å²) in [5.41, 5.74) is 2.23. The molecule has 1 amide bonds. The first kappa shape index (κ1) is 23.8. The minimum atomic E-state index is -4.43. The van der Waals surface area contributed by atoms with Crippen LogP contribution in [0.15, 0.2) is 77.9 Å². The van der Waals surface area contributed by atoms with Crippen molar-refractivity contribution in [1.82, 2.24) is 5.01 Å². The lowest BCUT2D eigenvalue weighted by molar-refractivity contribution is -0.137. The summed E-state index contributed by atoms with van der Waals surface area (Å²) < 4.78 is 38.8. The maximum atomic E-state index is 12.9. The van der Waals surface area contributed by atoms with Gasteiger partial charge in [0.15, 0.2) is 0 Å². The van der Waals surface area contributed by atoms with Gasteiger partial charge in [-0.25, -0.2) is 0 Å². The number of anilines is 1. The zero-order valence-electron chi connectivity index (χ0n) is 18.7. The number of halogens is 4. The van der Waals surface area contributed by atoms with Crippen LogP contribution in [0.5, 0.6) is 0 Å². The van der Waals surface area contributed by atoms with Crippen molar-refractivity contribution in [1.29, 1.82) is 0 Å². The molecule has 0 bridgehead atoms. The van der Waals surface area contributed by atoms with Crippen LogP contribution in [0, 0.1) is 6.92 Å². The van der Waals surface area contributed by atoms with Crippen LogP contribution < -0.4 is 5.32 Å². The third kappa shape index (κ3) is 4.94. The molecule has 1 atom stereocenters. The average Bonchev–Trinajstić information content (AvgIpc) is 3.12. The van der Waals surface area contributed by atoms with E-state index < -0.39 is 17.2 Å². The van der Waals surface area contributed by atoms with Crippen LogP contribution in [0.2, 0.25) is 5.02 Å². The van der Waals surface area contributed by atoms with E-state index in [9.17, 15) is 18.0 Å². The summed E-state index contributed by atoms with van der Waals surface area (Å²) in [5.74, 6) is -0.362. The topological polar surface area (TPSA) is 44.7 Å². The lowest BCUT2D eigenvalue weighted by Crippen LogP contribution is -2.38. The highest BCUT2D eigenvalue weighted by molar-refractivity contribution is 6.30. The maximum Gasteiger partial charge on any atom is 0.416 e. The van der Waals surface area contributed by atoms with Gasteiger partial charge >= 0.3 is 6.18 Å². The normalized spacial score (nSPS) is 18.1. The van der Waals surface area contributed by atoms with Gasteiger partial charge in [0.05, 0.1) is 23.2 Å². The third-order valence-corrected chi connectivity index (χ3v) is 6.20. The van der Waals surface area contributed by atoms with Gasteiger partial charge in [0.1, 0.15) is 6.54 Å². The monoisotopic (exact) mass is 485 g/mol. The number of carbonyl (C=O) groups is 1. The van der Waals surface area contributed by atoms with Crippen molar-refractivity contribution in [2.45, 2.75) is 25.4 Å². The second-order valence-corrected chi connectivity index (χ2v) is 8.99. The number of hydrogen-bond acceptors (Lipinski definition) is 3. The molecule has 4 rings (SSSR count). The summed E-state index contributed by atoms with van der Waals surface area (Å²) in [6.45, 7) is 4.03. The first-order valence-corrected chi connectivity index (χ1v) is 11.1.